The Morgan fingerprint density at radius 3 is 1.88 bits per heavy atom. The molecule has 1 aliphatic carbocycles. The molecule has 0 unspecified atom stereocenters. The lowest BCUT2D eigenvalue weighted by atomic mass is 9.98. The molecule has 4 N–H and O–H groups in total. The number of fused-ring (bicyclic) bond motifs is 2. The van der Waals surface area contributed by atoms with Gasteiger partial charge in [0.15, 0.2) is 11.5 Å². The zero-order valence-corrected chi connectivity index (χ0v) is 38.9. The van der Waals surface area contributed by atoms with Gasteiger partial charge in [-0.1, -0.05) is 64.1 Å². The molecular weight excluding hydrogens is 849 g/mol. The molecule has 7 rings (SSSR count). The van der Waals surface area contributed by atoms with Gasteiger partial charge < -0.3 is 58.8 Å². The highest BCUT2D eigenvalue weighted by Crippen LogP contribution is 2.48. The standard InChI is InChI=1S/C48H62N8O10/c1-27(2)38(53-47(59)63-7)45(57)55-19-9-10-37(55)43-49-26-36(52-43)34-18-17-33(41(65-22-20-61-5)42(34)66-23-21-62-6)29-11-13-30(14-12-29)35-25-50-44(51-35)40-31-15-16-32(24-31)56(40)46(58)39(28(3)4)54-48(60)64-8/h11-18,25-28,31-32,37-40H,9-10,19-24H2,1-8H3,(H,49,52)(H,50,51)(H,53,59)(H,54,60)/t31-,32-,37+,38+,39+,40+/m1/s1. The molecular formula is C48H62N8O10. The van der Waals surface area contributed by atoms with E-state index in [9.17, 15) is 19.2 Å². The molecule has 4 aromatic rings. The van der Waals surface area contributed by atoms with Crippen LogP contribution in [-0.2, 0) is 28.5 Å². The van der Waals surface area contributed by atoms with E-state index in [0.717, 1.165) is 35.2 Å². The Morgan fingerprint density at radius 1 is 0.697 bits per heavy atom. The Balaban J connectivity index is 1.17. The number of benzene rings is 2. The van der Waals surface area contributed by atoms with E-state index in [1.54, 1.807) is 31.5 Å². The van der Waals surface area contributed by atoms with Gasteiger partial charge in [-0.2, -0.15) is 0 Å². The second kappa shape index (κ2) is 21.3. The third-order valence-electron chi connectivity index (χ3n) is 12.5. The quantitative estimate of drug-likeness (QED) is 0.0592. The SMILES string of the molecule is COCCOc1c(-c2ccc(-c3cnc([C@@H]4[C@@H]5C=C[C@H](C5)N4C(=O)[C@@H](NC(=O)OC)C(C)C)[nH]3)cc2)ccc(-c2cnc([C@@H]3CCCN3C(=O)[C@@H](NC(=O)OC)C(C)C)[nH]2)c1OCCOC. The molecule has 2 aromatic carbocycles. The van der Waals surface area contributed by atoms with Crippen molar-refractivity contribution >= 4 is 24.0 Å². The third-order valence-corrected chi connectivity index (χ3v) is 12.5. The summed E-state index contributed by atoms with van der Waals surface area (Å²) >= 11 is 0. The number of alkyl carbamates (subject to hydrolysis) is 2. The van der Waals surface area contributed by atoms with Crippen molar-refractivity contribution in [1.82, 2.24) is 40.4 Å². The Morgan fingerprint density at radius 2 is 1.26 bits per heavy atom. The number of nitrogens with zero attached hydrogens (tertiary/aromatic N) is 4. The number of aromatic amines is 2. The van der Waals surface area contributed by atoms with Crippen molar-refractivity contribution in [3.63, 3.8) is 0 Å². The van der Waals surface area contributed by atoms with E-state index in [2.05, 4.69) is 32.8 Å². The Labute approximate surface area is 385 Å². The Kier molecular flexibility index (Phi) is 15.3. The van der Waals surface area contributed by atoms with Crippen LogP contribution in [0.2, 0.25) is 0 Å². The number of imidazole rings is 2. The van der Waals surface area contributed by atoms with Crippen LogP contribution in [-0.4, -0.2) is 133 Å². The molecule has 2 saturated heterocycles. The number of rotatable bonds is 19. The highest BCUT2D eigenvalue weighted by Gasteiger charge is 2.49. The van der Waals surface area contributed by atoms with Crippen LogP contribution in [0, 0.1) is 17.8 Å². The maximum absolute atomic E-state index is 14.1. The van der Waals surface area contributed by atoms with E-state index in [0.29, 0.717) is 60.6 Å². The van der Waals surface area contributed by atoms with Crippen molar-refractivity contribution in [2.75, 3.05) is 61.4 Å². The first-order chi connectivity index (χ1) is 31.9. The number of hydrogen-bond donors (Lipinski definition) is 4. The smallest absolute Gasteiger partial charge is 0.407 e. The van der Waals surface area contributed by atoms with Crippen LogP contribution in [0.15, 0.2) is 60.9 Å². The van der Waals surface area contributed by atoms with Gasteiger partial charge in [0.1, 0.15) is 36.9 Å². The van der Waals surface area contributed by atoms with Gasteiger partial charge in [0.25, 0.3) is 0 Å². The first kappa shape index (κ1) is 47.6. The molecule has 2 aromatic heterocycles. The van der Waals surface area contributed by atoms with Crippen molar-refractivity contribution < 1.29 is 47.6 Å². The normalized spacial score (nSPS) is 19.6. The van der Waals surface area contributed by atoms with Crippen LogP contribution >= 0.6 is 0 Å². The van der Waals surface area contributed by atoms with E-state index >= 15 is 0 Å². The number of likely N-dealkylation sites (tertiary alicyclic amines) is 2. The average Bonchev–Trinajstić information content (AvgIpc) is 4.19. The summed E-state index contributed by atoms with van der Waals surface area (Å²) in [4.78, 5) is 72.4. The van der Waals surface area contributed by atoms with E-state index in [1.807, 2.05) is 69.0 Å². The van der Waals surface area contributed by atoms with Crippen LogP contribution in [0.1, 0.15) is 70.7 Å². The summed E-state index contributed by atoms with van der Waals surface area (Å²) in [5.41, 5.74) is 4.71. The molecule has 0 saturated carbocycles. The number of hydrogen-bond acceptors (Lipinski definition) is 12. The largest absolute Gasteiger partial charge is 0.487 e. The zero-order valence-electron chi connectivity index (χ0n) is 38.9. The zero-order chi connectivity index (χ0) is 47.1. The molecule has 0 radical (unpaired) electrons. The van der Waals surface area contributed by atoms with Crippen LogP contribution in [0.5, 0.6) is 11.5 Å². The third kappa shape index (κ3) is 10.0. The predicted molar refractivity (Wildman–Crippen MR) is 244 cm³/mol. The summed E-state index contributed by atoms with van der Waals surface area (Å²) in [6.45, 7) is 9.25. The van der Waals surface area contributed by atoms with E-state index in [4.69, 9.17) is 38.4 Å². The first-order valence-electron chi connectivity index (χ1n) is 22.5. The Bertz CT molecular complexity index is 2360. The number of nitrogens with one attached hydrogen (secondary N) is 4. The molecule has 6 atom stereocenters. The summed E-state index contributed by atoms with van der Waals surface area (Å²) in [5.74, 6) is 1.68. The molecule has 4 heterocycles. The van der Waals surface area contributed by atoms with Gasteiger partial charge in [-0.15, -0.1) is 0 Å². The molecule has 2 fully saturated rings. The molecule has 0 spiro atoms. The van der Waals surface area contributed by atoms with Crippen molar-refractivity contribution in [2.24, 2.45) is 17.8 Å². The second-order valence-corrected chi connectivity index (χ2v) is 17.4. The van der Waals surface area contributed by atoms with Crippen molar-refractivity contribution in [3.05, 3.63) is 72.6 Å². The predicted octanol–water partition coefficient (Wildman–Crippen LogP) is 6.44. The summed E-state index contributed by atoms with van der Waals surface area (Å²) in [5, 5.41) is 5.44. The second-order valence-electron chi connectivity index (χ2n) is 17.4. The summed E-state index contributed by atoms with van der Waals surface area (Å²) < 4.78 is 33.3. The number of aromatic nitrogens is 4. The number of carbonyl (C=O) groups is 4. The minimum absolute atomic E-state index is 0.0837. The lowest BCUT2D eigenvalue weighted by Crippen LogP contribution is -2.53. The van der Waals surface area contributed by atoms with E-state index in [1.165, 1.54) is 14.2 Å². The number of ether oxygens (including phenoxy) is 6. The molecule has 18 heteroatoms. The summed E-state index contributed by atoms with van der Waals surface area (Å²) in [7, 11) is 5.78. The molecule has 2 bridgehead atoms. The average molecular weight is 911 g/mol. The van der Waals surface area contributed by atoms with Gasteiger partial charge in [0.2, 0.25) is 11.8 Å². The highest BCUT2D eigenvalue weighted by atomic mass is 16.6. The topological polar surface area (TPSA) is 212 Å². The molecule has 2 aliphatic heterocycles. The first-order valence-corrected chi connectivity index (χ1v) is 22.5. The Hall–Kier alpha value is -6.40. The van der Waals surface area contributed by atoms with Crippen molar-refractivity contribution in [2.45, 2.75) is 77.2 Å². The fraction of sp³-hybridized carbons (Fsp3) is 0.500. The van der Waals surface area contributed by atoms with Crippen LogP contribution in [0.3, 0.4) is 0 Å². The highest BCUT2D eigenvalue weighted by molar-refractivity contribution is 5.88. The minimum atomic E-state index is -0.756. The van der Waals surface area contributed by atoms with Crippen molar-refractivity contribution in [3.8, 4) is 45.1 Å². The van der Waals surface area contributed by atoms with E-state index < -0.39 is 24.3 Å². The maximum Gasteiger partial charge on any atom is 0.407 e. The number of carbonyl (C=O) groups excluding carboxylic acids is 4. The molecule has 18 nitrogen and oxygen atoms in total. The summed E-state index contributed by atoms with van der Waals surface area (Å²) in [6, 6.07) is 9.71. The van der Waals surface area contributed by atoms with Crippen LogP contribution in [0.25, 0.3) is 33.6 Å². The number of H-pyrrole nitrogens is 2. The lowest BCUT2D eigenvalue weighted by Gasteiger charge is -2.35. The lowest BCUT2D eigenvalue weighted by molar-refractivity contribution is -0.137. The van der Waals surface area contributed by atoms with Crippen LogP contribution < -0.4 is 20.1 Å². The molecule has 66 heavy (non-hydrogen) atoms. The molecule has 4 amide bonds. The van der Waals surface area contributed by atoms with Gasteiger partial charge in [-0.25, -0.2) is 19.6 Å². The van der Waals surface area contributed by atoms with Gasteiger partial charge in [-0.3, -0.25) is 9.59 Å². The van der Waals surface area contributed by atoms with Crippen molar-refractivity contribution in [1.29, 1.82) is 0 Å². The fourth-order valence-electron chi connectivity index (χ4n) is 9.10. The van der Waals surface area contributed by atoms with Gasteiger partial charge in [-0.05, 0) is 54.4 Å². The monoisotopic (exact) mass is 910 g/mol. The van der Waals surface area contributed by atoms with Gasteiger partial charge in [0.05, 0.1) is 69.3 Å². The fourth-order valence-corrected chi connectivity index (χ4v) is 9.10. The number of amides is 4. The van der Waals surface area contributed by atoms with Gasteiger partial charge >= 0.3 is 12.2 Å². The van der Waals surface area contributed by atoms with E-state index in [-0.39, 0.29) is 60.9 Å². The minimum Gasteiger partial charge on any atom is -0.487 e. The maximum atomic E-state index is 14.1. The van der Waals surface area contributed by atoms with Gasteiger partial charge in [0, 0.05) is 37.8 Å². The number of methoxy groups -OCH3 is 4. The molecule has 3 aliphatic rings. The molecule has 354 valence electrons. The summed E-state index contributed by atoms with van der Waals surface area (Å²) in [6.07, 6.45) is 8.68. The van der Waals surface area contributed by atoms with Crippen LogP contribution in [0.4, 0.5) is 9.59 Å².